The highest BCUT2D eigenvalue weighted by Crippen LogP contribution is 2.40. The Kier molecular flexibility index (Phi) is 4.48. The van der Waals surface area contributed by atoms with Gasteiger partial charge in [-0.15, -0.1) is 0 Å². The topological polar surface area (TPSA) is 63.6 Å². The summed E-state index contributed by atoms with van der Waals surface area (Å²) in [5, 5.41) is 10.6. The SMILES string of the molecule is COC(=O)/C=C(C)\C=C\[C@@]1(O)C=CC(=O)CC1(C)C. The maximum atomic E-state index is 11.4. The van der Waals surface area contributed by atoms with E-state index in [1.54, 1.807) is 19.1 Å². The van der Waals surface area contributed by atoms with Crippen molar-refractivity contribution in [2.24, 2.45) is 5.41 Å². The normalized spacial score (nSPS) is 26.8. The van der Waals surface area contributed by atoms with Crippen LogP contribution in [0, 0.1) is 5.41 Å². The van der Waals surface area contributed by atoms with Crippen LogP contribution in [0.5, 0.6) is 0 Å². The van der Waals surface area contributed by atoms with E-state index in [9.17, 15) is 14.7 Å². The second-order valence-corrected chi connectivity index (χ2v) is 5.43. The summed E-state index contributed by atoms with van der Waals surface area (Å²) in [5.41, 5.74) is -1.12. The van der Waals surface area contributed by atoms with E-state index in [2.05, 4.69) is 4.74 Å². The Morgan fingerprint density at radius 2 is 2.11 bits per heavy atom. The van der Waals surface area contributed by atoms with Gasteiger partial charge >= 0.3 is 5.97 Å². The lowest BCUT2D eigenvalue weighted by molar-refractivity contribution is -0.134. The Labute approximate surface area is 113 Å². The zero-order chi connectivity index (χ0) is 14.7. The van der Waals surface area contributed by atoms with E-state index >= 15 is 0 Å². The fourth-order valence-corrected chi connectivity index (χ4v) is 1.91. The fourth-order valence-electron chi connectivity index (χ4n) is 1.91. The third-order valence-corrected chi connectivity index (χ3v) is 3.37. The zero-order valence-electron chi connectivity index (χ0n) is 11.8. The first-order chi connectivity index (χ1) is 8.70. The summed E-state index contributed by atoms with van der Waals surface area (Å²) in [5.74, 6) is -0.437. The summed E-state index contributed by atoms with van der Waals surface area (Å²) in [7, 11) is 1.31. The van der Waals surface area contributed by atoms with E-state index in [1.165, 1.54) is 25.3 Å². The molecule has 1 aliphatic rings. The molecule has 0 radical (unpaired) electrons. The van der Waals surface area contributed by atoms with Crippen LogP contribution in [0.1, 0.15) is 27.2 Å². The molecule has 4 heteroatoms. The first-order valence-electron chi connectivity index (χ1n) is 6.10. The average Bonchev–Trinajstić information content (AvgIpc) is 2.31. The molecular weight excluding hydrogens is 244 g/mol. The van der Waals surface area contributed by atoms with E-state index < -0.39 is 17.0 Å². The predicted octanol–water partition coefficient (Wildman–Crippen LogP) is 1.95. The lowest BCUT2D eigenvalue weighted by atomic mass is 9.68. The van der Waals surface area contributed by atoms with Crippen LogP contribution < -0.4 is 0 Å². The molecule has 0 saturated carbocycles. The van der Waals surface area contributed by atoms with Gasteiger partial charge in [0.15, 0.2) is 5.78 Å². The highest BCUT2D eigenvalue weighted by atomic mass is 16.5. The first-order valence-corrected chi connectivity index (χ1v) is 6.10. The lowest BCUT2D eigenvalue weighted by Gasteiger charge is -2.40. The van der Waals surface area contributed by atoms with Crippen LogP contribution in [0.25, 0.3) is 0 Å². The first kappa shape index (κ1) is 15.4. The van der Waals surface area contributed by atoms with Gasteiger partial charge in [0, 0.05) is 17.9 Å². The van der Waals surface area contributed by atoms with Gasteiger partial charge in [-0.25, -0.2) is 4.79 Å². The van der Waals surface area contributed by atoms with Gasteiger partial charge in [-0.3, -0.25) is 4.79 Å². The number of ether oxygens (including phenoxy) is 1. The van der Waals surface area contributed by atoms with Gasteiger partial charge in [0.1, 0.15) is 5.60 Å². The van der Waals surface area contributed by atoms with Crippen molar-refractivity contribution in [2.45, 2.75) is 32.8 Å². The second-order valence-electron chi connectivity index (χ2n) is 5.43. The molecule has 0 spiro atoms. The van der Waals surface area contributed by atoms with Gasteiger partial charge in [0.2, 0.25) is 0 Å². The highest BCUT2D eigenvalue weighted by Gasteiger charge is 2.43. The third-order valence-electron chi connectivity index (χ3n) is 3.37. The molecule has 1 aliphatic carbocycles. The molecule has 0 heterocycles. The molecule has 0 bridgehead atoms. The minimum atomic E-state index is -1.20. The summed E-state index contributed by atoms with van der Waals surface area (Å²) < 4.78 is 4.52. The number of carbonyl (C=O) groups is 2. The zero-order valence-corrected chi connectivity index (χ0v) is 11.8. The number of aliphatic hydroxyl groups is 1. The Hall–Kier alpha value is -1.68. The molecule has 0 aromatic rings. The quantitative estimate of drug-likeness (QED) is 0.481. The molecular formula is C15H20O4. The van der Waals surface area contributed by atoms with Gasteiger partial charge < -0.3 is 9.84 Å². The number of hydrogen-bond acceptors (Lipinski definition) is 4. The molecule has 1 N–H and O–H groups in total. The minimum absolute atomic E-state index is 0.00454. The van der Waals surface area contributed by atoms with E-state index in [0.29, 0.717) is 5.57 Å². The van der Waals surface area contributed by atoms with Crippen molar-refractivity contribution >= 4 is 11.8 Å². The predicted molar refractivity (Wildman–Crippen MR) is 72.4 cm³/mol. The second kappa shape index (κ2) is 5.53. The smallest absolute Gasteiger partial charge is 0.330 e. The summed E-state index contributed by atoms with van der Waals surface area (Å²) in [6.07, 6.45) is 7.77. The van der Waals surface area contributed by atoms with Crippen molar-refractivity contribution in [2.75, 3.05) is 7.11 Å². The van der Waals surface area contributed by atoms with E-state index in [-0.39, 0.29) is 12.2 Å². The molecule has 0 aromatic heterocycles. The molecule has 4 nitrogen and oxygen atoms in total. The fraction of sp³-hybridized carbons (Fsp3) is 0.467. The molecule has 19 heavy (non-hydrogen) atoms. The molecule has 0 unspecified atom stereocenters. The summed E-state index contributed by atoms with van der Waals surface area (Å²) in [4.78, 5) is 22.5. The molecule has 1 atom stereocenters. The largest absolute Gasteiger partial charge is 0.466 e. The number of rotatable bonds is 3. The maximum absolute atomic E-state index is 11.4. The van der Waals surface area contributed by atoms with E-state index in [0.717, 1.165) is 0 Å². The number of ketones is 1. The number of carbonyl (C=O) groups excluding carboxylic acids is 2. The van der Waals surface area contributed by atoms with Gasteiger partial charge in [0.05, 0.1) is 7.11 Å². The summed E-state index contributed by atoms with van der Waals surface area (Å²) in [6, 6.07) is 0. The Bertz CT molecular complexity index is 469. The molecule has 0 aromatic carbocycles. The Morgan fingerprint density at radius 3 is 2.63 bits per heavy atom. The van der Waals surface area contributed by atoms with Crippen LogP contribution in [0.2, 0.25) is 0 Å². The standard InChI is InChI=1S/C15H20O4/c1-11(9-13(17)19-4)5-7-15(18)8-6-12(16)10-14(15,2)3/h5-9,18H,10H2,1-4H3/b7-5+,11-9-/t15-/m1/s1. The van der Waals surface area contributed by atoms with E-state index in [4.69, 9.17) is 0 Å². The average molecular weight is 264 g/mol. The number of allylic oxidation sites excluding steroid dienone is 3. The van der Waals surface area contributed by atoms with E-state index in [1.807, 2.05) is 13.8 Å². The summed E-state index contributed by atoms with van der Waals surface area (Å²) >= 11 is 0. The molecule has 0 saturated heterocycles. The van der Waals surface area contributed by atoms with Gasteiger partial charge in [-0.1, -0.05) is 19.9 Å². The molecule has 0 aliphatic heterocycles. The van der Waals surface area contributed by atoms with Crippen LogP contribution in [-0.4, -0.2) is 29.6 Å². The Morgan fingerprint density at radius 1 is 1.47 bits per heavy atom. The van der Waals surface area contributed by atoms with Crippen molar-refractivity contribution in [1.29, 1.82) is 0 Å². The molecule has 104 valence electrons. The minimum Gasteiger partial charge on any atom is -0.466 e. The number of hydrogen-bond donors (Lipinski definition) is 1. The van der Waals surface area contributed by atoms with Crippen LogP contribution in [0.15, 0.2) is 36.0 Å². The maximum Gasteiger partial charge on any atom is 0.330 e. The number of esters is 1. The van der Waals surface area contributed by atoms with Gasteiger partial charge in [0.25, 0.3) is 0 Å². The molecule has 0 amide bonds. The van der Waals surface area contributed by atoms with Crippen LogP contribution >= 0.6 is 0 Å². The van der Waals surface area contributed by atoms with Gasteiger partial charge in [-0.2, -0.15) is 0 Å². The monoisotopic (exact) mass is 264 g/mol. The Balaban J connectivity index is 2.96. The van der Waals surface area contributed by atoms with Crippen molar-refractivity contribution in [3.8, 4) is 0 Å². The lowest BCUT2D eigenvalue weighted by Crippen LogP contribution is -2.45. The number of methoxy groups -OCH3 is 1. The molecule has 1 rings (SSSR count). The van der Waals surface area contributed by atoms with Crippen molar-refractivity contribution in [1.82, 2.24) is 0 Å². The van der Waals surface area contributed by atoms with Gasteiger partial charge in [-0.05, 0) is 30.7 Å². The molecule has 0 fully saturated rings. The van der Waals surface area contributed by atoms with Crippen molar-refractivity contribution < 1.29 is 19.4 Å². The highest BCUT2D eigenvalue weighted by molar-refractivity contribution is 5.91. The van der Waals surface area contributed by atoms with Crippen LogP contribution in [0.3, 0.4) is 0 Å². The van der Waals surface area contributed by atoms with Crippen molar-refractivity contribution in [3.63, 3.8) is 0 Å². The summed E-state index contributed by atoms with van der Waals surface area (Å²) in [6.45, 7) is 5.40. The van der Waals surface area contributed by atoms with Crippen LogP contribution in [0.4, 0.5) is 0 Å². The third kappa shape index (κ3) is 3.64. The van der Waals surface area contributed by atoms with Crippen LogP contribution in [-0.2, 0) is 14.3 Å². The van der Waals surface area contributed by atoms with Crippen molar-refractivity contribution in [3.05, 3.63) is 36.0 Å².